The number of carbonyl (C=O) groups is 2. The average molecular weight is 167 g/mol. The molecule has 64 valence electrons. The maximum Gasteiger partial charge on any atom is 0.352 e. The Morgan fingerprint density at radius 3 is 2.33 bits per heavy atom. The Hall–Kier alpha value is -1.58. The van der Waals surface area contributed by atoms with Crippen molar-refractivity contribution in [2.45, 2.75) is 13.8 Å². The van der Waals surface area contributed by atoms with Crippen molar-refractivity contribution in [2.75, 3.05) is 0 Å². The fourth-order valence-corrected chi connectivity index (χ4v) is 1.04. The number of aromatic amines is 1. The molecule has 1 heterocycles. The molecule has 0 saturated carbocycles. The van der Waals surface area contributed by atoms with Crippen LogP contribution in [0.1, 0.15) is 33.5 Å². The maximum atomic E-state index is 10.9. The van der Waals surface area contributed by atoms with Crippen molar-refractivity contribution < 1.29 is 14.7 Å². The van der Waals surface area contributed by atoms with Crippen LogP contribution >= 0.6 is 0 Å². The fraction of sp³-hybridized carbons (Fsp3) is 0.250. The molecule has 4 nitrogen and oxygen atoms in total. The number of aromatic carboxylic acids is 1. The third kappa shape index (κ3) is 1.37. The van der Waals surface area contributed by atoms with Crippen LogP contribution in [0, 0.1) is 6.92 Å². The summed E-state index contributed by atoms with van der Waals surface area (Å²) < 4.78 is 0. The number of hydrogen-bond acceptors (Lipinski definition) is 2. The molecule has 1 rings (SSSR count). The second-order valence-corrected chi connectivity index (χ2v) is 2.58. The molecule has 0 saturated heterocycles. The van der Waals surface area contributed by atoms with Crippen molar-refractivity contribution in [2.24, 2.45) is 0 Å². The second-order valence-electron chi connectivity index (χ2n) is 2.58. The minimum absolute atomic E-state index is 0.0534. The standard InChI is InChI=1S/C8H9NO3/c1-4-6(5(2)10)3-7(9-4)8(11)12/h3,9H,1-2H3,(H,11,12). The van der Waals surface area contributed by atoms with Gasteiger partial charge in [-0.05, 0) is 19.9 Å². The van der Waals surface area contributed by atoms with Crippen LogP contribution in [0.15, 0.2) is 6.07 Å². The molecule has 1 aromatic rings. The lowest BCUT2D eigenvalue weighted by molar-refractivity contribution is 0.0691. The SMILES string of the molecule is CC(=O)c1cc(C(=O)O)[nH]c1C. The Balaban J connectivity index is 3.17. The normalized spacial score (nSPS) is 9.83. The molecule has 0 aliphatic rings. The molecule has 0 amide bonds. The van der Waals surface area contributed by atoms with Crippen LogP contribution in [-0.2, 0) is 0 Å². The first-order valence-corrected chi connectivity index (χ1v) is 3.46. The van der Waals surface area contributed by atoms with Gasteiger partial charge in [0, 0.05) is 11.3 Å². The Kier molecular flexibility index (Phi) is 1.99. The van der Waals surface area contributed by atoms with Crippen LogP contribution in [0.5, 0.6) is 0 Å². The van der Waals surface area contributed by atoms with Gasteiger partial charge in [0.15, 0.2) is 5.78 Å². The van der Waals surface area contributed by atoms with Gasteiger partial charge >= 0.3 is 5.97 Å². The van der Waals surface area contributed by atoms with E-state index in [-0.39, 0.29) is 11.5 Å². The summed E-state index contributed by atoms with van der Waals surface area (Å²) in [7, 11) is 0. The summed E-state index contributed by atoms with van der Waals surface area (Å²) in [5.74, 6) is -1.18. The van der Waals surface area contributed by atoms with Gasteiger partial charge in [0.2, 0.25) is 0 Å². The number of nitrogens with one attached hydrogen (secondary N) is 1. The first kappa shape index (κ1) is 8.52. The van der Waals surface area contributed by atoms with Crippen LogP contribution < -0.4 is 0 Å². The molecule has 0 unspecified atom stereocenters. The zero-order valence-corrected chi connectivity index (χ0v) is 6.84. The largest absolute Gasteiger partial charge is 0.477 e. The number of rotatable bonds is 2. The third-order valence-electron chi connectivity index (χ3n) is 1.62. The number of Topliss-reactive ketones (excluding diaryl/α,β-unsaturated/α-hetero) is 1. The molecule has 1 aromatic heterocycles. The van der Waals surface area contributed by atoms with Gasteiger partial charge in [-0.2, -0.15) is 0 Å². The number of H-pyrrole nitrogens is 1. The lowest BCUT2D eigenvalue weighted by Gasteiger charge is -1.88. The number of carboxylic acids is 1. The molecular weight excluding hydrogens is 158 g/mol. The van der Waals surface area contributed by atoms with Crippen LogP contribution in [0.25, 0.3) is 0 Å². The molecule has 0 atom stereocenters. The highest BCUT2D eigenvalue weighted by molar-refractivity contribution is 5.98. The quantitative estimate of drug-likeness (QED) is 0.650. The molecule has 0 spiro atoms. The minimum Gasteiger partial charge on any atom is -0.477 e. The van der Waals surface area contributed by atoms with Gasteiger partial charge in [-0.3, -0.25) is 4.79 Å². The molecule has 12 heavy (non-hydrogen) atoms. The van der Waals surface area contributed by atoms with Crippen molar-refractivity contribution in [3.63, 3.8) is 0 Å². The zero-order chi connectivity index (χ0) is 9.30. The smallest absolute Gasteiger partial charge is 0.352 e. The van der Waals surface area contributed by atoms with E-state index in [1.165, 1.54) is 13.0 Å². The topological polar surface area (TPSA) is 70.2 Å². The summed E-state index contributed by atoms with van der Waals surface area (Å²) in [6, 6.07) is 1.35. The zero-order valence-electron chi connectivity index (χ0n) is 6.84. The molecule has 2 N–H and O–H groups in total. The molecular formula is C8H9NO3. The van der Waals surface area contributed by atoms with Crippen LogP contribution in [0.2, 0.25) is 0 Å². The minimum atomic E-state index is -1.05. The van der Waals surface area contributed by atoms with E-state index in [0.717, 1.165) is 0 Å². The van der Waals surface area contributed by atoms with Crippen molar-refractivity contribution in [1.82, 2.24) is 4.98 Å². The number of hydrogen-bond donors (Lipinski definition) is 2. The summed E-state index contributed by atoms with van der Waals surface area (Å²) in [5.41, 5.74) is 1.09. The maximum absolute atomic E-state index is 10.9. The molecule has 0 aliphatic heterocycles. The summed E-state index contributed by atoms with van der Waals surface area (Å²) in [4.78, 5) is 23.9. The van der Waals surface area contributed by atoms with Crippen LogP contribution in [-0.4, -0.2) is 21.8 Å². The molecule has 0 aromatic carbocycles. The monoisotopic (exact) mass is 167 g/mol. The first-order valence-electron chi connectivity index (χ1n) is 3.46. The molecule has 0 fully saturated rings. The summed E-state index contributed by atoms with van der Waals surface area (Å²) >= 11 is 0. The van der Waals surface area contributed by atoms with Crippen LogP contribution in [0.4, 0.5) is 0 Å². The van der Waals surface area contributed by atoms with E-state index in [1.807, 2.05) is 0 Å². The number of carboxylic acid groups (broad SMARTS) is 1. The Morgan fingerprint density at radius 1 is 1.50 bits per heavy atom. The predicted octanol–water partition coefficient (Wildman–Crippen LogP) is 1.22. The summed E-state index contributed by atoms with van der Waals surface area (Å²) in [6.07, 6.45) is 0. The molecule has 0 aliphatic carbocycles. The summed E-state index contributed by atoms with van der Waals surface area (Å²) in [6.45, 7) is 3.07. The van der Waals surface area contributed by atoms with Crippen molar-refractivity contribution >= 4 is 11.8 Å². The van der Waals surface area contributed by atoms with E-state index < -0.39 is 5.97 Å². The van der Waals surface area contributed by atoms with Crippen molar-refractivity contribution in [3.05, 3.63) is 23.0 Å². The third-order valence-corrected chi connectivity index (χ3v) is 1.62. The van der Waals surface area contributed by atoms with Gasteiger partial charge in [0.25, 0.3) is 0 Å². The highest BCUT2D eigenvalue weighted by Gasteiger charge is 2.12. The van der Waals surface area contributed by atoms with E-state index >= 15 is 0 Å². The highest BCUT2D eigenvalue weighted by Crippen LogP contribution is 2.10. The molecule has 4 heteroatoms. The number of aryl methyl sites for hydroxylation is 1. The van der Waals surface area contributed by atoms with E-state index in [0.29, 0.717) is 11.3 Å². The number of carbonyl (C=O) groups excluding carboxylic acids is 1. The van der Waals surface area contributed by atoms with Gasteiger partial charge in [-0.1, -0.05) is 0 Å². The van der Waals surface area contributed by atoms with Gasteiger partial charge in [0.05, 0.1) is 0 Å². The lowest BCUT2D eigenvalue weighted by Crippen LogP contribution is -1.95. The van der Waals surface area contributed by atoms with Crippen LogP contribution in [0.3, 0.4) is 0 Å². The highest BCUT2D eigenvalue weighted by atomic mass is 16.4. The van der Waals surface area contributed by atoms with Gasteiger partial charge in [0.1, 0.15) is 5.69 Å². The number of ketones is 1. The van der Waals surface area contributed by atoms with E-state index in [4.69, 9.17) is 5.11 Å². The van der Waals surface area contributed by atoms with Gasteiger partial charge < -0.3 is 10.1 Å². The number of aromatic nitrogens is 1. The molecule has 0 bridgehead atoms. The van der Waals surface area contributed by atoms with Gasteiger partial charge in [-0.25, -0.2) is 4.79 Å². The average Bonchev–Trinajstić information content (AvgIpc) is 2.30. The predicted molar refractivity (Wildman–Crippen MR) is 42.5 cm³/mol. The van der Waals surface area contributed by atoms with Crippen molar-refractivity contribution in [3.8, 4) is 0 Å². The summed E-state index contributed by atoms with van der Waals surface area (Å²) in [5, 5.41) is 8.56. The van der Waals surface area contributed by atoms with E-state index in [1.54, 1.807) is 6.92 Å². The Morgan fingerprint density at radius 2 is 2.08 bits per heavy atom. The Bertz CT molecular complexity index is 338. The Labute approximate surface area is 69.2 Å². The van der Waals surface area contributed by atoms with E-state index in [9.17, 15) is 9.59 Å². The van der Waals surface area contributed by atoms with E-state index in [2.05, 4.69) is 4.98 Å². The first-order chi connectivity index (χ1) is 5.52. The fourth-order valence-electron chi connectivity index (χ4n) is 1.04. The van der Waals surface area contributed by atoms with Gasteiger partial charge in [-0.15, -0.1) is 0 Å². The lowest BCUT2D eigenvalue weighted by atomic mass is 10.2. The second kappa shape index (κ2) is 2.81. The van der Waals surface area contributed by atoms with Crippen molar-refractivity contribution in [1.29, 1.82) is 0 Å². The molecule has 0 radical (unpaired) electrons.